The van der Waals surface area contributed by atoms with E-state index in [4.69, 9.17) is 9.84 Å². The van der Waals surface area contributed by atoms with Crippen LogP contribution in [-0.2, 0) is 16.0 Å². The van der Waals surface area contributed by atoms with Crippen LogP contribution in [0, 0.1) is 0 Å². The van der Waals surface area contributed by atoms with E-state index in [0.29, 0.717) is 18.5 Å². The van der Waals surface area contributed by atoms with E-state index in [1.807, 2.05) is 30.3 Å². The molecule has 0 spiro atoms. The lowest BCUT2D eigenvalue weighted by molar-refractivity contribution is -0.139. The van der Waals surface area contributed by atoms with E-state index in [2.05, 4.69) is 15.8 Å². The van der Waals surface area contributed by atoms with Gasteiger partial charge < -0.3 is 15.2 Å². The average molecular weight is 369 g/mol. The van der Waals surface area contributed by atoms with Crippen LogP contribution < -0.4 is 15.5 Å². The molecule has 2 aromatic carbocycles. The summed E-state index contributed by atoms with van der Waals surface area (Å²) in [5.41, 5.74) is 3.54. The molecule has 140 valence electrons. The van der Waals surface area contributed by atoms with Crippen LogP contribution in [0.2, 0.25) is 0 Å². The second kappa shape index (κ2) is 9.71. The van der Waals surface area contributed by atoms with Gasteiger partial charge in [-0.3, -0.25) is 9.59 Å². The monoisotopic (exact) mass is 369 g/mol. The molecular formula is C19H19N3O5. The van der Waals surface area contributed by atoms with Crippen LogP contribution in [0.4, 0.5) is 0 Å². The first-order valence-corrected chi connectivity index (χ1v) is 8.07. The fourth-order valence-electron chi connectivity index (χ4n) is 2.23. The van der Waals surface area contributed by atoms with Crippen molar-refractivity contribution in [2.75, 3.05) is 13.7 Å². The number of hydrogen-bond acceptors (Lipinski definition) is 5. The summed E-state index contributed by atoms with van der Waals surface area (Å²) in [7, 11) is 1.37. The van der Waals surface area contributed by atoms with Gasteiger partial charge in [0.05, 0.1) is 13.3 Å². The van der Waals surface area contributed by atoms with Gasteiger partial charge in [0.1, 0.15) is 11.3 Å². The Morgan fingerprint density at radius 3 is 2.52 bits per heavy atom. The van der Waals surface area contributed by atoms with Gasteiger partial charge in [-0.25, -0.2) is 10.2 Å². The zero-order valence-corrected chi connectivity index (χ0v) is 14.6. The molecule has 0 aliphatic rings. The molecule has 0 atom stereocenters. The van der Waals surface area contributed by atoms with Crippen molar-refractivity contribution in [3.63, 3.8) is 0 Å². The number of rotatable bonds is 7. The van der Waals surface area contributed by atoms with Crippen LogP contribution in [0.5, 0.6) is 5.75 Å². The first kappa shape index (κ1) is 19.6. The number of aromatic carboxylic acids is 1. The molecule has 0 radical (unpaired) electrons. The molecule has 2 amide bonds. The Morgan fingerprint density at radius 1 is 1.11 bits per heavy atom. The van der Waals surface area contributed by atoms with Crippen LogP contribution in [0.3, 0.4) is 0 Å². The van der Waals surface area contributed by atoms with Gasteiger partial charge in [-0.05, 0) is 35.7 Å². The van der Waals surface area contributed by atoms with E-state index in [1.54, 1.807) is 6.07 Å². The average Bonchev–Trinajstić information content (AvgIpc) is 2.68. The normalized spacial score (nSPS) is 10.4. The Hall–Kier alpha value is -3.68. The topological polar surface area (TPSA) is 117 Å². The standard InChI is InChI=1S/C19H19N3O5/c1-27-16-8-7-14(11-15(16)19(25)26)12-21-22-18(24)17(23)20-10-9-13-5-3-2-4-6-13/h2-8,11-12H,9-10H2,1H3,(H,20,23)(H,22,24)(H,25,26)/b21-12-. The van der Waals surface area contributed by atoms with Gasteiger partial charge in [-0.2, -0.15) is 5.10 Å². The van der Waals surface area contributed by atoms with E-state index >= 15 is 0 Å². The molecule has 27 heavy (non-hydrogen) atoms. The summed E-state index contributed by atoms with van der Waals surface area (Å²) >= 11 is 0. The predicted octanol–water partition coefficient (Wildman–Crippen LogP) is 1.20. The Morgan fingerprint density at radius 2 is 1.85 bits per heavy atom. The second-order valence-corrected chi connectivity index (χ2v) is 5.46. The molecule has 0 bridgehead atoms. The fraction of sp³-hybridized carbons (Fsp3) is 0.158. The van der Waals surface area contributed by atoms with Crippen molar-refractivity contribution < 1.29 is 24.2 Å². The molecule has 0 unspecified atom stereocenters. The summed E-state index contributed by atoms with van der Waals surface area (Å²) in [5, 5.41) is 15.3. The molecule has 0 heterocycles. The largest absolute Gasteiger partial charge is 0.496 e. The highest BCUT2D eigenvalue weighted by atomic mass is 16.5. The molecule has 2 aromatic rings. The number of hydrazone groups is 1. The van der Waals surface area contributed by atoms with Crippen molar-refractivity contribution in [1.82, 2.24) is 10.7 Å². The summed E-state index contributed by atoms with van der Waals surface area (Å²) in [4.78, 5) is 34.6. The number of carbonyl (C=O) groups excluding carboxylic acids is 2. The highest BCUT2D eigenvalue weighted by Crippen LogP contribution is 2.18. The zero-order chi connectivity index (χ0) is 19.6. The van der Waals surface area contributed by atoms with Crippen molar-refractivity contribution in [1.29, 1.82) is 0 Å². The van der Waals surface area contributed by atoms with Crippen molar-refractivity contribution in [2.45, 2.75) is 6.42 Å². The van der Waals surface area contributed by atoms with E-state index in [1.165, 1.54) is 25.5 Å². The summed E-state index contributed by atoms with van der Waals surface area (Å²) in [6.45, 7) is 0.320. The van der Waals surface area contributed by atoms with Crippen LogP contribution in [0.15, 0.2) is 53.6 Å². The Labute approximate surface area is 155 Å². The molecule has 8 heteroatoms. The van der Waals surface area contributed by atoms with Crippen molar-refractivity contribution in [2.24, 2.45) is 5.10 Å². The summed E-state index contributed by atoms with van der Waals surface area (Å²) < 4.78 is 4.96. The minimum absolute atomic E-state index is 0.0357. The number of nitrogens with one attached hydrogen (secondary N) is 2. The van der Waals surface area contributed by atoms with E-state index in [9.17, 15) is 14.4 Å². The summed E-state index contributed by atoms with van der Waals surface area (Å²) in [5.74, 6) is -2.65. The van der Waals surface area contributed by atoms with Crippen LogP contribution in [-0.4, -0.2) is 42.8 Å². The third-order valence-corrected chi connectivity index (χ3v) is 3.58. The molecule has 8 nitrogen and oxygen atoms in total. The molecule has 3 N–H and O–H groups in total. The van der Waals surface area contributed by atoms with Crippen molar-refractivity contribution in [3.8, 4) is 5.75 Å². The Kier molecular flexibility index (Phi) is 7.07. The van der Waals surface area contributed by atoms with Crippen LogP contribution >= 0.6 is 0 Å². The molecular weight excluding hydrogens is 350 g/mol. The third kappa shape index (κ3) is 5.96. The second-order valence-electron chi connectivity index (χ2n) is 5.46. The molecule has 0 saturated heterocycles. The van der Waals surface area contributed by atoms with E-state index < -0.39 is 17.8 Å². The number of carboxylic acid groups (broad SMARTS) is 1. The first-order valence-electron chi connectivity index (χ1n) is 8.07. The van der Waals surface area contributed by atoms with Gasteiger partial charge in [-0.15, -0.1) is 0 Å². The predicted molar refractivity (Wildman–Crippen MR) is 98.8 cm³/mol. The number of carboxylic acids is 1. The number of carbonyl (C=O) groups is 3. The van der Waals surface area contributed by atoms with Gasteiger partial charge in [0.25, 0.3) is 0 Å². The van der Waals surface area contributed by atoms with Gasteiger partial charge in [0.2, 0.25) is 0 Å². The summed E-state index contributed by atoms with van der Waals surface area (Å²) in [6.07, 6.45) is 1.84. The minimum atomic E-state index is -1.15. The van der Waals surface area contributed by atoms with Gasteiger partial charge in [-0.1, -0.05) is 30.3 Å². The van der Waals surface area contributed by atoms with Gasteiger partial charge in [0.15, 0.2) is 0 Å². The highest BCUT2D eigenvalue weighted by Gasteiger charge is 2.12. The minimum Gasteiger partial charge on any atom is -0.496 e. The first-order chi connectivity index (χ1) is 13.0. The van der Waals surface area contributed by atoms with E-state index in [-0.39, 0.29) is 11.3 Å². The number of nitrogens with zero attached hydrogens (tertiary/aromatic N) is 1. The smallest absolute Gasteiger partial charge is 0.339 e. The van der Waals surface area contributed by atoms with Crippen LogP contribution in [0.25, 0.3) is 0 Å². The number of methoxy groups -OCH3 is 1. The molecule has 0 fully saturated rings. The van der Waals surface area contributed by atoms with Crippen molar-refractivity contribution in [3.05, 3.63) is 65.2 Å². The molecule has 0 aromatic heterocycles. The third-order valence-electron chi connectivity index (χ3n) is 3.58. The lowest BCUT2D eigenvalue weighted by Gasteiger charge is -2.05. The molecule has 0 aliphatic carbocycles. The van der Waals surface area contributed by atoms with Gasteiger partial charge >= 0.3 is 17.8 Å². The van der Waals surface area contributed by atoms with E-state index in [0.717, 1.165) is 5.56 Å². The quantitative estimate of drug-likeness (QED) is 0.385. The number of benzene rings is 2. The van der Waals surface area contributed by atoms with Gasteiger partial charge in [0, 0.05) is 6.54 Å². The zero-order valence-electron chi connectivity index (χ0n) is 14.6. The lowest BCUT2D eigenvalue weighted by Crippen LogP contribution is -2.38. The van der Waals surface area contributed by atoms with Crippen LogP contribution in [0.1, 0.15) is 21.5 Å². The molecule has 0 aliphatic heterocycles. The maximum atomic E-state index is 11.7. The molecule has 2 rings (SSSR count). The van der Waals surface area contributed by atoms with Crippen molar-refractivity contribution >= 4 is 24.0 Å². The Bertz CT molecular complexity index is 850. The summed E-state index contributed by atoms with van der Waals surface area (Å²) in [6, 6.07) is 13.9. The fourth-order valence-corrected chi connectivity index (χ4v) is 2.23. The number of ether oxygens (including phenoxy) is 1. The molecule has 0 saturated carbocycles. The number of hydrogen-bond donors (Lipinski definition) is 3. The highest BCUT2D eigenvalue weighted by molar-refractivity contribution is 6.35. The Balaban J connectivity index is 1.84. The maximum Gasteiger partial charge on any atom is 0.339 e. The number of amides is 2. The SMILES string of the molecule is COc1ccc(/C=N\NC(=O)C(=O)NCCc2ccccc2)cc1C(=O)O. The lowest BCUT2D eigenvalue weighted by atomic mass is 10.1. The maximum absolute atomic E-state index is 11.7.